The minimum absolute atomic E-state index is 0.0405. The van der Waals surface area contributed by atoms with Crippen molar-refractivity contribution in [3.63, 3.8) is 0 Å². The fourth-order valence-electron chi connectivity index (χ4n) is 3.30. The highest BCUT2D eigenvalue weighted by Gasteiger charge is 2.22. The van der Waals surface area contributed by atoms with Crippen molar-refractivity contribution in [3.05, 3.63) is 65.9 Å². The Morgan fingerprint density at radius 3 is 2.80 bits per heavy atom. The van der Waals surface area contributed by atoms with E-state index in [0.717, 1.165) is 34.3 Å². The first-order valence-corrected chi connectivity index (χ1v) is 8.19. The molecule has 0 bridgehead atoms. The summed E-state index contributed by atoms with van der Waals surface area (Å²) in [5.41, 5.74) is 4.13. The molecule has 1 aliphatic rings. The summed E-state index contributed by atoms with van der Waals surface area (Å²) in [5.74, 6) is -0.126. The first-order valence-electron chi connectivity index (χ1n) is 8.19. The van der Waals surface area contributed by atoms with Crippen LogP contribution in [-0.4, -0.2) is 23.3 Å². The van der Waals surface area contributed by atoms with Crippen LogP contribution in [0.15, 0.2) is 54.7 Å². The summed E-state index contributed by atoms with van der Waals surface area (Å²) >= 11 is 0. The largest absolute Gasteiger partial charge is 0.322 e. The van der Waals surface area contributed by atoms with Crippen molar-refractivity contribution in [2.24, 2.45) is 0 Å². The molecule has 1 aliphatic heterocycles. The maximum Gasteiger partial charge on any atom is 0.256 e. The van der Waals surface area contributed by atoms with Crippen molar-refractivity contribution < 1.29 is 9.59 Å². The van der Waals surface area contributed by atoms with Crippen LogP contribution in [0.3, 0.4) is 0 Å². The Kier molecular flexibility index (Phi) is 3.69. The molecule has 0 radical (unpaired) electrons. The lowest BCUT2D eigenvalue weighted by molar-refractivity contribution is -0.116. The number of carbonyl (C=O) groups is 2. The van der Waals surface area contributed by atoms with Crippen molar-refractivity contribution in [2.45, 2.75) is 13.3 Å². The first kappa shape index (κ1) is 15.3. The Hall–Kier alpha value is -3.21. The molecule has 0 saturated carbocycles. The second-order valence-electron chi connectivity index (χ2n) is 6.09. The molecule has 5 nitrogen and oxygen atoms in total. The summed E-state index contributed by atoms with van der Waals surface area (Å²) in [6.07, 6.45) is 2.45. The molecule has 4 rings (SSSR count). The van der Waals surface area contributed by atoms with Gasteiger partial charge in [0.2, 0.25) is 5.91 Å². The smallest absolute Gasteiger partial charge is 0.256 e. The third-order valence-electron chi connectivity index (χ3n) is 4.51. The van der Waals surface area contributed by atoms with Crippen LogP contribution < -0.4 is 10.2 Å². The minimum atomic E-state index is -0.167. The zero-order valence-electron chi connectivity index (χ0n) is 13.8. The second kappa shape index (κ2) is 6.02. The molecule has 2 heterocycles. The van der Waals surface area contributed by atoms with Crippen molar-refractivity contribution in [2.75, 3.05) is 16.8 Å². The zero-order chi connectivity index (χ0) is 17.4. The molecule has 1 aromatic heterocycles. The number of rotatable bonds is 2. The fourth-order valence-corrected chi connectivity index (χ4v) is 3.30. The molecule has 0 aliphatic carbocycles. The number of nitrogens with zero attached hydrogens (tertiary/aromatic N) is 2. The molecule has 0 spiro atoms. The predicted molar refractivity (Wildman–Crippen MR) is 97.9 cm³/mol. The van der Waals surface area contributed by atoms with E-state index in [-0.39, 0.29) is 11.8 Å². The Morgan fingerprint density at radius 1 is 1.12 bits per heavy atom. The van der Waals surface area contributed by atoms with Gasteiger partial charge in [-0.2, -0.15) is 0 Å². The van der Waals surface area contributed by atoms with Crippen molar-refractivity contribution in [1.29, 1.82) is 0 Å². The molecule has 0 unspecified atom stereocenters. The summed E-state index contributed by atoms with van der Waals surface area (Å²) in [5, 5.41) is 3.78. The fraction of sp³-hybridized carbons (Fsp3) is 0.150. The lowest BCUT2D eigenvalue weighted by atomic mass is 10.1. The standard InChI is InChI=1S/C20H17N3O2/c1-13(24)23-11-9-14-12-15(6-7-19(14)23)22-20(25)17-8-10-21-18-5-3-2-4-16(17)18/h2-8,10,12H,9,11H2,1H3,(H,22,25). The van der Waals surface area contributed by atoms with Crippen molar-refractivity contribution in [3.8, 4) is 0 Å². The Bertz CT molecular complexity index is 992. The monoisotopic (exact) mass is 331 g/mol. The first-order chi connectivity index (χ1) is 12.1. The molecule has 124 valence electrons. The molecular weight excluding hydrogens is 314 g/mol. The van der Waals surface area contributed by atoms with Gasteiger partial charge in [-0.3, -0.25) is 14.6 Å². The molecule has 0 saturated heterocycles. The maximum atomic E-state index is 12.7. The van der Waals surface area contributed by atoms with Gasteiger partial charge in [-0.25, -0.2) is 0 Å². The number of nitrogens with one attached hydrogen (secondary N) is 1. The lowest BCUT2D eigenvalue weighted by Crippen LogP contribution is -2.25. The van der Waals surface area contributed by atoms with Crippen LogP contribution >= 0.6 is 0 Å². The van der Waals surface area contributed by atoms with Gasteiger partial charge in [0.05, 0.1) is 11.1 Å². The van der Waals surface area contributed by atoms with Crippen LogP contribution in [0.25, 0.3) is 10.9 Å². The number of pyridine rings is 1. The van der Waals surface area contributed by atoms with Gasteiger partial charge in [0.25, 0.3) is 5.91 Å². The number of hydrogen-bond acceptors (Lipinski definition) is 3. The molecule has 2 amide bonds. The highest BCUT2D eigenvalue weighted by Crippen LogP contribution is 2.30. The average Bonchev–Trinajstić information content (AvgIpc) is 3.04. The van der Waals surface area contributed by atoms with Gasteiger partial charge in [0.15, 0.2) is 0 Å². The van der Waals surface area contributed by atoms with Crippen LogP contribution in [0.2, 0.25) is 0 Å². The molecule has 25 heavy (non-hydrogen) atoms. The van der Waals surface area contributed by atoms with E-state index in [0.29, 0.717) is 12.1 Å². The van der Waals surface area contributed by atoms with E-state index < -0.39 is 0 Å². The number of carbonyl (C=O) groups excluding carboxylic acids is 2. The van der Waals surface area contributed by atoms with E-state index in [2.05, 4.69) is 10.3 Å². The average molecular weight is 331 g/mol. The van der Waals surface area contributed by atoms with Crippen LogP contribution in [0.5, 0.6) is 0 Å². The van der Waals surface area contributed by atoms with Gasteiger partial charge < -0.3 is 10.2 Å². The number of aromatic nitrogens is 1. The highest BCUT2D eigenvalue weighted by molar-refractivity contribution is 6.12. The Balaban J connectivity index is 1.62. The SMILES string of the molecule is CC(=O)N1CCc2cc(NC(=O)c3ccnc4ccccc34)ccc21. The Labute approximate surface area is 145 Å². The maximum absolute atomic E-state index is 12.7. The van der Waals surface area contributed by atoms with E-state index in [1.54, 1.807) is 24.1 Å². The summed E-state index contributed by atoms with van der Waals surface area (Å²) in [6.45, 7) is 2.26. The van der Waals surface area contributed by atoms with E-state index in [4.69, 9.17) is 0 Å². The second-order valence-corrected chi connectivity index (χ2v) is 6.09. The molecule has 5 heteroatoms. The molecule has 1 N–H and O–H groups in total. The van der Waals surface area contributed by atoms with Crippen molar-refractivity contribution in [1.82, 2.24) is 4.98 Å². The van der Waals surface area contributed by atoms with Crippen LogP contribution in [-0.2, 0) is 11.2 Å². The van der Waals surface area contributed by atoms with Gasteiger partial charge in [0.1, 0.15) is 0 Å². The lowest BCUT2D eigenvalue weighted by Gasteiger charge is -2.15. The topological polar surface area (TPSA) is 62.3 Å². The van der Waals surface area contributed by atoms with E-state index in [1.807, 2.05) is 42.5 Å². The number of anilines is 2. The number of fused-ring (bicyclic) bond motifs is 2. The third kappa shape index (κ3) is 2.74. The van der Waals surface area contributed by atoms with Gasteiger partial charge in [0, 0.05) is 36.4 Å². The summed E-state index contributed by atoms with van der Waals surface area (Å²) < 4.78 is 0. The number of para-hydroxylation sites is 1. The summed E-state index contributed by atoms with van der Waals surface area (Å²) in [4.78, 5) is 30.4. The number of amides is 2. The Morgan fingerprint density at radius 2 is 1.96 bits per heavy atom. The molecule has 2 aromatic carbocycles. The van der Waals surface area contributed by atoms with Gasteiger partial charge in [-0.15, -0.1) is 0 Å². The molecule has 0 fully saturated rings. The van der Waals surface area contributed by atoms with Crippen LogP contribution in [0, 0.1) is 0 Å². The number of benzene rings is 2. The normalized spacial score (nSPS) is 12.9. The van der Waals surface area contributed by atoms with Crippen LogP contribution in [0.1, 0.15) is 22.8 Å². The molecular formula is C20H17N3O2. The van der Waals surface area contributed by atoms with Gasteiger partial charge in [-0.1, -0.05) is 18.2 Å². The summed E-state index contributed by atoms with van der Waals surface area (Å²) in [6, 6.07) is 15.0. The van der Waals surface area contributed by atoms with Gasteiger partial charge >= 0.3 is 0 Å². The zero-order valence-corrected chi connectivity index (χ0v) is 13.8. The quantitative estimate of drug-likeness (QED) is 0.783. The summed E-state index contributed by atoms with van der Waals surface area (Å²) in [7, 11) is 0. The van der Waals surface area contributed by atoms with Gasteiger partial charge in [-0.05, 0) is 42.3 Å². The van der Waals surface area contributed by atoms with Crippen LogP contribution in [0.4, 0.5) is 11.4 Å². The minimum Gasteiger partial charge on any atom is -0.322 e. The molecule has 3 aromatic rings. The van der Waals surface area contributed by atoms with E-state index >= 15 is 0 Å². The predicted octanol–water partition coefficient (Wildman–Crippen LogP) is 3.40. The van der Waals surface area contributed by atoms with E-state index in [1.165, 1.54) is 0 Å². The van der Waals surface area contributed by atoms with E-state index in [9.17, 15) is 9.59 Å². The molecule has 0 atom stereocenters. The third-order valence-corrected chi connectivity index (χ3v) is 4.51. The number of hydrogen-bond donors (Lipinski definition) is 1. The highest BCUT2D eigenvalue weighted by atomic mass is 16.2. The van der Waals surface area contributed by atoms with Crippen molar-refractivity contribution >= 4 is 34.1 Å².